The maximum absolute atomic E-state index is 13.1. The molecule has 0 aliphatic carbocycles. The molecule has 13 heteroatoms. The van der Waals surface area contributed by atoms with Crippen molar-refractivity contribution in [3.63, 3.8) is 0 Å². The molecule has 300 valence electrons. The van der Waals surface area contributed by atoms with Gasteiger partial charge in [-0.05, 0) is 24.3 Å². The number of aromatic amines is 1. The molecular weight excluding hydrogens is 688 g/mol. The summed E-state index contributed by atoms with van der Waals surface area (Å²) >= 11 is 0. The summed E-state index contributed by atoms with van der Waals surface area (Å²) < 4.78 is 18.3. The maximum Gasteiger partial charge on any atom is 0.408 e. The van der Waals surface area contributed by atoms with Crippen molar-refractivity contribution in [1.29, 1.82) is 0 Å². The van der Waals surface area contributed by atoms with Crippen LogP contribution >= 0.6 is 0 Å². The molecule has 54 heavy (non-hydrogen) atoms. The number of imidazole rings is 1. The van der Waals surface area contributed by atoms with Gasteiger partial charge in [-0.1, -0.05) is 141 Å². The zero-order valence-corrected chi connectivity index (χ0v) is 32.8. The second-order valence-corrected chi connectivity index (χ2v) is 14.7. The Hall–Kier alpha value is -4.42. The van der Waals surface area contributed by atoms with Crippen LogP contribution in [-0.2, 0) is 37.0 Å². The smallest absolute Gasteiger partial charge is 0.408 e. The number of esters is 2. The SMILES string of the molecule is CCCCCCCCCCCCCCCCCC(=O)OC[C@H](CCOC(=O)[C@@H](NC(=O)OCc1ccccc1)C(C)C)Cn1cnc2c(=O)[nH]c(N)nc21. The largest absolute Gasteiger partial charge is 0.465 e. The number of carbonyl (C=O) groups excluding carboxylic acids is 3. The standard InChI is InChI=1S/C41H64N6O7/c1-4-5-6-7-8-9-10-11-12-13-14-15-16-17-21-24-34(48)53-29-33(27-47-30-43-36-37(47)45-40(42)46-38(36)49)25-26-52-39(50)35(31(2)3)44-41(51)54-28-32-22-19-18-20-23-32/h18-20,22-23,30-31,33,35H,4-17,21,24-29H2,1-3H3,(H,44,51)(H3,42,45,46,49)/t33-,35+/m1/s1. The van der Waals surface area contributed by atoms with Gasteiger partial charge in [0.1, 0.15) is 12.6 Å². The number of amides is 1. The number of H-pyrrole nitrogens is 1. The molecule has 1 amide bonds. The highest BCUT2D eigenvalue weighted by Gasteiger charge is 2.27. The molecule has 0 unspecified atom stereocenters. The number of nitrogen functional groups attached to an aromatic ring is 1. The van der Waals surface area contributed by atoms with Crippen LogP contribution in [0.15, 0.2) is 41.5 Å². The van der Waals surface area contributed by atoms with Gasteiger partial charge in [-0.15, -0.1) is 0 Å². The Bertz CT molecular complexity index is 1570. The number of unbranched alkanes of at least 4 members (excludes halogenated alkanes) is 14. The highest BCUT2D eigenvalue weighted by molar-refractivity contribution is 5.81. The van der Waals surface area contributed by atoms with E-state index in [4.69, 9.17) is 19.9 Å². The lowest BCUT2D eigenvalue weighted by molar-refractivity contribution is -0.149. The summed E-state index contributed by atoms with van der Waals surface area (Å²) in [5.41, 5.74) is 6.61. The molecule has 1 aromatic carbocycles. The van der Waals surface area contributed by atoms with E-state index in [-0.39, 0.29) is 55.6 Å². The van der Waals surface area contributed by atoms with E-state index in [9.17, 15) is 19.2 Å². The number of hydrogen-bond donors (Lipinski definition) is 3. The first kappa shape index (κ1) is 44.0. The number of nitrogens with zero attached hydrogens (tertiary/aromatic N) is 3. The molecule has 2 aromatic heterocycles. The number of aromatic nitrogens is 4. The van der Waals surface area contributed by atoms with Gasteiger partial charge in [0.05, 0.1) is 19.5 Å². The van der Waals surface area contributed by atoms with Gasteiger partial charge in [0.25, 0.3) is 5.56 Å². The molecule has 0 fully saturated rings. The zero-order valence-electron chi connectivity index (χ0n) is 32.8. The fourth-order valence-corrected chi connectivity index (χ4v) is 6.34. The molecule has 3 aromatic rings. The molecular formula is C41H64N6O7. The Morgan fingerprint density at radius 1 is 0.852 bits per heavy atom. The third-order valence-electron chi connectivity index (χ3n) is 9.59. The molecule has 0 radical (unpaired) electrons. The van der Waals surface area contributed by atoms with Crippen LogP contribution in [0.25, 0.3) is 11.2 Å². The number of hydrogen-bond acceptors (Lipinski definition) is 10. The van der Waals surface area contributed by atoms with Gasteiger partial charge < -0.3 is 29.8 Å². The average Bonchev–Trinajstić information content (AvgIpc) is 3.56. The van der Waals surface area contributed by atoms with Crippen LogP contribution in [0.5, 0.6) is 0 Å². The molecule has 0 aliphatic rings. The van der Waals surface area contributed by atoms with Crippen LogP contribution < -0.4 is 16.6 Å². The topological polar surface area (TPSA) is 181 Å². The van der Waals surface area contributed by atoms with Crippen LogP contribution in [0.1, 0.15) is 135 Å². The van der Waals surface area contributed by atoms with E-state index in [0.717, 1.165) is 24.8 Å². The van der Waals surface area contributed by atoms with Gasteiger partial charge in [0, 0.05) is 18.9 Å². The van der Waals surface area contributed by atoms with Gasteiger partial charge in [-0.2, -0.15) is 4.98 Å². The van der Waals surface area contributed by atoms with Crippen molar-refractivity contribution in [1.82, 2.24) is 24.8 Å². The molecule has 0 spiro atoms. The maximum atomic E-state index is 13.1. The highest BCUT2D eigenvalue weighted by atomic mass is 16.6. The second kappa shape index (κ2) is 25.6. The first-order chi connectivity index (χ1) is 26.2. The summed E-state index contributed by atoms with van der Waals surface area (Å²) in [6, 6.07) is 8.33. The number of alkyl carbamates (subject to hydrolysis) is 1. The number of nitrogens with one attached hydrogen (secondary N) is 2. The minimum atomic E-state index is -0.920. The summed E-state index contributed by atoms with van der Waals surface area (Å²) in [7, 11) is 0. The predicted molar refractivity (Wildman–Crippen MR) is 211 cm³/mol. The number of carbonyl (C=O) groups is 3. The van der Waals surface area contributed by atoms with Crippen molar-refractivity contribution in [2.24, 2.45) is 11.8 Å². The number of benzene rings is 1. The lowest BCUT2D eigenvalue weighted by atomic mass is 10.0. The van der Waals surface area contributed by atoms with Crippen molar-refractivity contribution in [3.05, 3.63) is 52.6 Å². The van der Waals surface area contributed by atoms with E-state index in [2.05, 4.69) is 27.2 Å². The average molecular weight is 753 g/mol. The van der Waals surface area contributed by atoms with E-state index >= 15 is 0 Å². The van der Waals surface area contributed by atoms with Gasteiger partial charge in [0.2, 0.25) is 5.95 Å². The van der Waals surface area contributed by atoms with E-state index in [1.807, 2.05) is 30.3 Å². The van der Waals surface area contributed by atoms with Gasteiger partial charge >= 0.3 is 18.0 Å². The summed E-state index contributed by atoms with van der Waals surface area (Å²) in [4.78, 5) is 61.5. The van der Waals surface area contributed by atoms with Crippen molar-refractivity contribution < 1.29 is 28.6 Å². The summed E-state index contributed by atoms with van der Waals surface area (Å²) in [6.07, 6.45) is 20.2. The molecule has 0 aliphatic heterocycles. The number of anilines is 1. The lowest BCUT2D eigenvalue weighted by Crippen LogP contribution is -2.45. The molecule has 3 rings (SSSR count). The summed E-state index contributed by atoms with van der Waals surface area (Å²) in [5, 5.41) is 2.62. The van der Waals surface area contributed by atoms with E-state index in [1.165, 1.54) is 83.4 Å². The number of ether oxygens (including phenoxy) is 3. The Kier molecular flexibility index (Phi) is 20.8. The Labute approximate surface area is 320 Å². The first-order valence-corrected chi connectivity index (χ1v) is 20.2. The zero-order chi connectivity index (χ0) is 39.0. The molecule has 0 saturated carbocycles. The Balaban J connectivity index is 1.42. The van der Waals surface area contributed by atoms with Crippen LogP contribution in [0, 0.1) is 11.8 Å². The first-order valence-electron chi connectivity index (χ1n) is 20.2. The third kappa shape index (κ3) is 17.2. The third-order valence-corrected chi connectivity index (χ3v) is 9.59. The van der Waals surface area contributed by atoms with Crippen LogP contribution in [0.2, 0.25) is 0 Å². The normalized spacial score (nSPS) is 12.4. The monoisotopic (exact) mass is 752 g/mol. The highest BCUT2D eigenvalue weighted by Crippen LogP contribution is 2.17. The predicted octanol–water partition coefficient (Wildman–Crippen LogP) is 8.01. The van der Waals surface area contributed by atoms with Crippen LogP contribution in [-0.4, -0.2) is 56.8 Å². The van der Waals surface area contributed by atoms with Crippen molar-refractivity contribution in [2.45, 2.75) is 149 Å². The number of nitrogens with two attached hydrogens (primary N) is 1. The van der Waals surface area contributed by atoms with Crippen molar-refractivity contribution in [3.8, 4) is 0 Å². The van der Waals surface area contributed by atoms with E-state index in [0.29, 0.717) is 18.5 Å². The van der Waals surface area contributed by atoms with Gasteiger partial charge in [0.15, 0.2) is 11.2 Å². The summed E-state index contributed by atoms with van der Waals surface area (Å²) in [5.74, 6) is -1.48. The van der Waals surface area contributed by atoms with Gasteiger partial charge in [-0.25, -0.2) is 14.6 Å². The minimum absolute atomic E-state index is 0.00679. The quantitative estimate of drug-likeness (QED) is 0.0374. The summed E-state index contributed by atoms with van der Waals surface area (Å²) in [6.45, 7) is 6.30. The van der Waals surface area contributed by atoms with Crippen molar-refractivity contribution >= 4 is 35.1 Å². The molecule has 4 N–H and O–H groups in total. The number of rotatable bonds is 28. The molecule has 2 heterocycles. The minimum Gasteiger partial charge on any atom is -0.465 e. The van der Waals surface area contributed by atoms with Crippen molar-refractivity contribution in [2.75, 3.05) is 18.9 Å². The number of fused-ring (bicyclic) bond motifs is 1. The van der Waals surface area contributed by atoms with Gasteiger partial charge in [-0.3, -0.25) is 14.6 Å². The fourth-order valence-electron chi connectivity index (χ4n) is 6.34. The molecule has 0 bridgehead atoms. The fraction of sp³-hybridized carbons (Fsp3) is 0.659. The van der Waals surface area contributed by atoms with E-state index < -0.39 is 23.7 Å². The Morgan fingerprint density at radius 3 is 2.07 bits per heavy atom. The Morgan fingerprint density at radius 2 is 1.46 bits per heavy atom. The lowest BCUT2D eigenvalue weighted by Gasteiger charge is -2.22. The van der Waals surface area contributed by atoms with Crippen LogP contribution in [0.3, 0.4) is 0 Å². The van der Waals surface area contributed by atoms with E-state index in [1.54, 1.807) is 18.4 Å². The molecule has 0 saturated heterocycles. The second-order valence-electron chi connectivity index (χ2n) is 14.7. The molecule has 2 atom stereocenters. The molecule has 13 nitrogen and oxygen atoms in total. The van der Waals surface area contributed by atoms with Crippen LogP contribution in [0.4, 0.5) is 10.7 Å².